The molecule has 1 heterocycles. The summed E-state index contributed by atoms with van der Waals surface area (Å²) in [6, 6.07) is 15.6. The van der Waals surface area contributed by atoms with E-state index < -0.39 is 6.04 Å². The molecule has 0 saturated carbocycles. The van der Waals surface area contributed by atoms with Gasteiger partial charge in [0.1, 0.15) is 11.8 Å². The first kappa shape index (κ1) is 22.8. The minimum Gasteiger partial charge on any atom is -0.484 e. The average Bonchev–Trinajstić information content (AvgIpc) is 3.13. The second kappa shape index (κ2) is 10.5. The number of aryl methyl sites for hydroxylation is 1. The smallest absolute Gasteiger partial charge is 0.261 e. The van der Waals surface area contributed by atoms with Crippen molar-refractivity contribution in [2.24, 2.45) is 0 Å². The molecule has 1 aliphatic carbocycles. The van der Waals surface area contributed by atoms with Gasteiger partial charge in [-0.3, -0.25) is 14.4 Å². The molecule has 2 aliphatic rings. The average molecular weight is 447 g/mol. The van der Waals surface area contributed by atoms with Crippen molar-refractivity contribution in [1.82, 2.24) is 4.90 Å². The van der Waals surface area contributed by atoms with Crippen molar-refractivity contribution in [3.8, 4) is 5.75 Å². The first-order chi connectivity index (χ1) is 16.0. The highest BCUT2D eigenvalue weighted by atomic mass is 16.5. The summed E-state index contributed by atoms with van der Waals surface area (Å²) in [5.41, 5.74) is 2.90. The molecule has 1 aliphatic heterocycles. The summed E-state index contributed by atoms with van der Waals surface area (Å²) in [4.78, 5) is 42.1. The highest BCUT2D eigenvalue weighted by molar-refractivity contribution is 6.23. The van der Waals surface area contributed by atoms with Crippen LogP contribution in [0.15, 0.2) is 66.2 Å². The van der Waals surface area contributed by atoms with E-state index in [1.54, 1.807) is 29.2 Å². The Balaban J connectivity index is 1.51. The highest BCUT2D eigenvalue weighted by Crippen LogP contribution is 2.28. The number of nitrogens with zero attached hydrogens (tertiary/aromatic N) is 2. The van der Waals surface area contributed by atoms with Gasteiger partial charge in [0.15, 0.2) is 6.61 Å². The van der Waals surface area contributed by atoms with Crippen molar-refractivity contribution in [3.63, 3.8) is 0 Å². The van der Waals surface area contributed by atoms with Crippen LogP contribution in [-0.2, 0) is 14.4 Å². The van der Waals surface area contributed by atoms with Crippen LogP contribution in [0.4, 0.5) is 5.69 Å². The van der Waals surface area contributed by atoms with Gasteiger partial charge in [-0.25, -0.2) is 4.90 Å². The number of anilines is 1. The molecule has 1 saturated heterocycles. The lowest BCUT2D eigenvalue weighted by Gasteiger charge is -2.28. The van der Waals surface area contributed by atoms with Gasteiger partial charge in [0, 0.05) is 6.54 Å². The van der Waals surface area contributed by atoms with Crippen molar-refractivity contribution < 1.29 is 19.1 Å². The Morgan fingerprint density at radius 1 is 1.06 bits per heavy atom. The number of amides is 3. The van der Waals surface area contributed by atoms with Crippen LogP contribution in [0.3, 0.4) is 0 Å². The lowest BCUT2D eigenvalue weighted by atomic mass is 9.97. The van der Waals surface area contributed by atoms with Gasteiger partial charge in [0.2, 0.25) is 5.91 Å². The zero-order chi connectivity index (χ0) is 23.2. The van der Waals surface area contributed by atoms with Crippen LogP contribution >= 0.6 is 0 Å². The van der Waals surface area contributed by atoms with Crippen molar-refractivity contribution in [2.45, 2.75) is 51.5 Å². The molecular weight excluding hydrogens is 416 g/mol. The molecule has 6 heteroatoms. The second-order valence-corrected chi connectivity index (χ2v) is 8.67. The number of allylic oxidation sites excluding steroid dienone is 1. The van der Waals surface area contributed by atoms with E-state index in [1.807, 2.05) is 37.3 Å². The van der Waals surface area contributed by atoms with Crippen molar-refractivity contribution in [1.29, 1.82) is 0 Å². The SMILES string of the molecule is Cc1ccc(N2C(=O)CC(N(CCC3=CCCCC3)C(=O)COc3ccccc3)C2=O)cc1. The minimum absolute atomic E-state index is 0.0111. The summed E-state index contributed by atoms with van der Waals surface area (Å²) in [5, 5.41) is 0. The molecule has 172 valence electrons. The molecule has 1 atom stereocenters. The molecule has 0 bridgehead atoms. The lowest BCUT2D eigenvalue weighted by Crippen LogP contribution is -2.47. The maximum Gasteiger partial charge on any atom is 0.261 e. The zero-order valence-corrected chi connectivity index (χ0v) is 19.0. The monoisotopic (exact) mass is 446 g/mol. The molecule has 2 aromatic carbocycles. The standard InChI is InChI=1S/C27H30N2O4/c1-20-12-14-22(15-13-20)29-25(30)18-24(27(29)32)28(17-16-21-8-4-2-5-9-21)26(31)19-33-23-10-6-3-7-11-23/h3,6-8,10-15,24H,2,4-5,9,16-19H2,1H3. The molecule has 1 fully saturated rings. The van der Waals surface area contributed by atoms with Gasteiger partial charge in [-0.1, -0.05) is 47.5 Å². The normalized spacial score (nSPS) is 18.3. The number of para-hydroxylation sites is 1. The van der Waals surface area contributed by atoms with E-state index in [9.17, 15) is 14.4 Å². The first-order valence-corrected chi connectivity index (χ1v) is 11.6. The van der Waals surface area contributed by atoms with Crippen molar-refractivity contribution >= 4 is 23.4 Å². The third-order valence-corrected chi connectivity index (χ3v) is 6.28. The topological polar surface area (TPSA) is 66.9 Å². The maximum absolute atomic E-state index is 13.3. The van der Waals surface area contributed by atoms with Crippen molar-refractivity contribution in [2.75, 3.05) is 18.1 Å². The summed E-state index contributed by atoms with van der Waals surface area (Å²) in [7, 11) is 0. The van der Waals surface area contributed by atoms with E-state index >= 15 is 0 Å². The van der Waals surface area contributed by atoms with Gasteiger partial charge in [0.25, 0.3) is 11.8 Å². The van der Waals surface area contributed by atoms with E-state index in [0.29, 0.717) is 24.4 Å². The van der Waals surface area contributed by atoms with Crippen LogP contribution in [0.25, 0.3) is 0 Å². The Morgan fingerprint density at radius 3 is 2.52 bits per heavy atom. The van der Waals surface area contributed by atoms with Crippen LogP contribution in [0.5, 0.6) is 5.75 Å². The number of carbonyl (C=O) groups excluding carboxylic acids is 3. The molecule has 33 heavy (non-hydrogen) atoms. The number of ether oxygens (including phenoxy) is 1. The largest absolute Gasteiger partial charge is 0.484 e. The molecule has 0 radical (unpaired) electrons. The molecule has 0 N–H and O–H groups in total. The third-order valence-electron chi connectivity index (χ3n) is 6.28. The minimum atomic E-state index is -0.810. The number of carbonyl (C=O) groups is 3. The predicted octanol–water partition coefficient (Wildman–Crippen LogP) is 4.43. The highest BCUT2D eigenvalue weighted by Gasteiger charge is 2.44. The Hall–Kier alpha value is -3.41. The van der Waals surface area contributed by atoms with Crippen LogP contribution < -0.4 is 9.64 Å². The molecule has 2 aromatic rings. The van der Waals surface area contributed by atoms with Gasteiger partial charge in [0.05, 0.1) is 12.1 Å². The van der Waals surface area contributed by atoms with E-state index in [4.69, 9.17) is 4.74 Å². The molecule has 4 rings (SSSR count). The van der Waals surface area contributed by atoms with Crippen LogP contribution in [0, 0.1) is 6.92 Å². The molecule has 3 amide bonds. The Bertz CT molecular complexity index is 1030. The molecular formula is C27H30N2O4. The van der Waals surface area contributed by atoms with Crippen molar-refractivity contribution in [3.05, 3.63) is 71.8 Å². The Morgan fingerprint density at radius 2 is 1.82 bits per heavy atom. The van der Waals surface area contributed by atoms with Crippen LogP contribution in [0.1, 0.15) is 44.1 Å². The molecule has 1 unspecified atom stereocenters. The van der Waals surface area contributed by atoms with Gasteiger partial charge in [-0.2, -0.15) is 0 Å². The zero-order valence-electron chi connectivity index (χ0n) is 19.0. The molecule has 0 aromatic heterocycles. The van der Waals surface area contributed by atoms with Gasteiger partial charge in [-0.15, -0.1) is 0 Å². The van der Waals surface area contributed by atoms with E-state index in [-0.39, 0.29) is 30.7 Å². The van der Waals surface area contributed by atoms with Gasteiger partial charge < -0.3 is 9.64 Å². The number of rotatable bonds is 8. The van der Waals surface area contributed by atoms with Gasteiger partial charge >= 0.3 is 0 Å². The molecule has 0 spiro atoms. The number of imide groups is 1. The second-order valence-electron chi connectivity index (χ2n) is 8.67. The fourth-order valence-electron chi connectivity index (χ4n) is 4.42. The van der Waals surface area contributed by atoms with E-state index in [1.165, 1.54) is 16.9 Å². The summed E-state index contributed by atoms with van der Waals surface area (Å²) in [6.07, 6.45) is 7.37. The summed E-state index contributed by atoms with van der Waals surface area (Å²) in [5.74, 6) is -0.329. The lowest BCUT2D eigenvalue weighted by molar-refractivity contribution is -0.140. The number of hydrogen-bond acceptors (Lipinski definition) is 4. The van der Waals surface area contributed by atoms with Crippen LogP contribution in [0.2, 0.25) is 0 Å². The van der Waals surface area contributed by atoms with Gasteiger partial charge in [-0.05, 0) is 63.3 Å². The predicted molar refractivity (Wildman–Crippen MR) is 127 cm³/mol. The summed E-state index contributed by atoms with van der Waals surface area (Å²) >= 11 is 0. The summed E-state index contributed by atoms with van der Waals surface area (Å²) in [6.45, 7) is 2.17. The van der Waals surface area contributed by atoms with E-state index in [0.717, 1.165) is 24.8 Å². The Labute approximate surface area is 194 Å². The quantitative estimate of drug-likeness (QED) is 0.445. The Kier molecular flexibility index (Phi) is 7.23. The first-order valence-electron chi connectivity index (χ1n) is 11.6. The number of benzene rings is 2. The van der Waals surface area contributed by atoms with Crippen LogP contribution in [-0.4, -0.2) is 41.8 Å². The maximum atomic E-state index is 13.3. The van der Waals surface area contributed by atoms with E-state index in [2.05, 4.69) is 6.08 Å². The summed E-state index contributed by atoms with van der Waals surface area (Å²) < 4.78 is 5.67. The fraction of sp³-hybridized carbons (Fsp3) is 0.370. The third kappa shape index (κ3) is 5.51. The fourth-order valence-corrected chi connectivity index (χ4v) is 4.42. The number of hydrogen-bond donors (Lipinski definition) is 0. The molecule has 6 nitrogen and oxygen atoms in total.